The van der Waals surface area contributed by atoms with Crippen LogP contribution in [-0.4, -0.2) is 41.6 Å². The molecule has 0 unspecified atom stereocenters. The van der Waals surface area contributed by atoms with Crippen molar-refractivity contribution in [2.24, 2.45) is 0 Å². The number of oxazole rings is 1. The molecule has 3 rings (SSSR count). The van der Waals surface area contributed by atoms with Crippen molar-refractivity contribution in [3.63, 3.8) is 0 Å². The summed E-state index contributed by atoms with van der Waals surface area (Å²) in [5, 5.41) is 3.00. The van der Waals surface area contributed by atoms with Gasteiger partial charge in [-0.15, -0.1) is 0 Å². The summed E-state index contributed by atoms with van der Waals surface area (Å²) >= 11 is 0. The van der Waals surface area contributed by atoms with E-state index in [0.717, 1.165) is 25.9 Å². The maximum absolute atomic E-state index is 12.1. The molecule has 1 aliphatic rings. The third-order valence-corrected chi connectivity index (χ3v) is 3.96. The van der Waals surface area contributed by atoms with E-state index < -0.39 is 5.76 Å². The largest absolute Gasteiger partial charge is 0.420 e. The topological polar surface area (TPSA) is 67.5 Å². The highest BCUT2D eigenvalue weighted by Gasteiger charge is 2.19. The predicted octanol–water partition coefficient (Wildman–Crippen LogP) is 0.805. The zero-order valence-electron chi connectivity index (χ0n) is 12.0. The van der Waals surface area contributed by atoms with Crippen molar-refractivity contribution in [1.82, 2.24) is 14.8 Å². The Labute approximate surface area is 122 Å². The third-order valence-electron chi connectivity index (χ3n) is 3.96. The van der Waals surface area contributed by atoms with Crippen molar-refractivity contribution in [3.05, 3.63) is 34.8 Å². The molecule has 112 valence electrons. The molecule has 1 saturated heterocycles. The van der Waals surface area contributed by atoms with Crippen LogP contribution in [0.25, 0.3) is 11.1 Å². The van der Waals surface area contributed by atoms with Gasteiger partial charge in [-0.2, -0.15) is 0 Å². The molecule has 6 heteroatoms. The molecule has 1 amide bonds. The van der Waals surface area contributed by atoms with Crippen molar-refractivity contribution >= 4 is 17.0 Å². The summed E-state index contributed by atoms with van der Waals surface area (Å²) in [5.41, 5.74) is 1.16. The normalized spacial score (nSPS) is 17.2. The number of benzene rings is 1. The van der Waals surface area contributed by atoms with Gasteiger partial charge in [0.25, 0.3) is 0 Å². The minimum atomic E-state index is -0.491. The van der Waals surface area contributed by atoms with E-state index in [9.17, 15) is 9.59 Å². The molecular formula is C15H19N3O3. The lowest BCUT2D eigenvalue weighted by molar-refractivity contribution is -0.122. The Hall–Kier alpha value is -2.08. The van der Waals surface area contributed by atoms with Crippen LogP contribution in [0.1, 0.15) is 12.8 Å². The summed E-state index contributed by atoms with van der Waals surface area (Å²) in [6, 6.07) is 7.32. The molecule has 1 aromatic heterocycles. The Bertz CT molecular complexity index is 695. The number of piperidine rings is 1. The molecule has 0 radical (unpaired) electrons. The first-order valence-corrected chi connectivity index (χ1v) is 7.20. The van der Waals surface area contributed by atoms with Crippen LogP contribution in [0.3, 0.4) is 0 Å². The van der Waals surface area contributed by atoms with Crippen LogP contribution in [0.2, 0.25) is 0 Å². The number of aromatic nitrogens is 1. The third kappa shape index (κ3) is 3.00. The average Bonchev–Trinajstić information content (AvgIpc) is 2.78. The predicted molar refractivity (Wildman–Crippen MR) is 79.1 cm³/mol. The van der Waals surface area contributed by atoms with Crippen molar-refractivity contribution in [3.8, 4) is 0 Å². The zero-order chi connectivity index (χ0) is 14.8. The van der Waals surface area contributed by atoms with Crippen LogP contribution in [0.5, 0.6) is 0 Å². The monoisotopic (exact) mass is 289 g/mol. The van der Waals surface area contributed by atoms with Gasteiger partial charge < -0.3 is 14.6 Å². The molecule has 0 aliphatic carbocycles. The summed E-state index contributed by atoms with van der Waals surface area (Å²) in [7, 11) is 2.08. The van der Waals surface area contributed by atoms with Crippen LogP contribution >= 0.6 is 0 Å². The van der Waals surface area contributed by atoms with E-state index in [-0.39, 0.29) is 18.5 Å². The number of hydrogen-bond donors (Lipinski definition) is 1. The molecule has 6 nitrogen and oxygen atoms in total. The van der Waals surface area contributed by atoms with E-state index in [4.69, 9.17) is 4.42 Å². The number of nitrogens with zero attached hydrogens (tertiary/aromatic N) is 2. The van der Waals surface area contributed by atoms with Crippen LogP contribution in [0.15, 0.2) is 33.5 Å². The highest BCUT2D eigenvalue weighted by Crippen LogP contribution is 2.12. The van der Waals surface area contributed by atoms with E-state index >= 15 is 0 Å². The first-order chi connectivity index (χ1) is 10.1. The van der Waals surface area contributed by atoms with E-state index in [2.05, 4.69) is 17.3 Å². The maximum atomic E-state index is 12.1. The fraction of sp³-hybridized carbons (Fsp3) is 0.467. The van der Waals surface area contributed by atoms with Gasteiger partial charge in [0.2, 0.25) is 5.91 Å². The number of hydrogen-bond acceptors (Lipinski definition) is 4. The molecule has 2 heterocycles. The number of amides is 1. The number of carbonyl (C=O) groups is 1. The first kappa shape index (κ1) is 13.9. The average molecular weight is 289 g/mol. The number of nitrogens with one attached hydrogen (secondary N) is 1. The summed E-state index contributed by atoms with van der Waals surface area (Å²) in [5.74, 6) is -0.632. The van der Waals surface area contributed by atoms with Crippen molar-refractivity contribution in [1.29, 1.82) is 0 Å². The summed E-state index contributed by atoms with van der Waals surface area (Å²) in [6.07, 6.45) is 1.90. The minimum Gasteiger partial charge on any atom is -0.408 e. The standard InChI is InChI=1S/C15H19N3O3/c1-17-8-6-11(7-9-17)16-14(19)10-18-12-4-2-3-5-13(12)21-15(18)20/h2-5,11H,6-10H2,1H3,(H,16,19). The second-order valence-corrected chi connectivity index (χ2v) is 5.57. The summed E-state index contributed by atoms with van der Waals surface area (Å²) < 4.78 is 6.50. The second-order valence-electron chi connectivity index (χ2n) is 5.57. The molecule has 1 N–H and O–H groups in total. The van der Waals surface area contributed by atoms with Gasteiger partial charge in [-0.05, 0) is 45.1 Å². The fourth-order valence-corrected chi connectivity index (χ4v) is 2.73. The minimum absolute atomic E-state index is 0.00217. The van der Waals surface area contributed by atoms with E-state index in [0.29, 0.717) is 11.1 Å². The number of fused-ring (bicyclic) bond motifs is 1. The SMILES string of the molecule is CN1CCC(NC(=O)Cn2c(=O)oc3ccccc32)CC1. The van der Waals surface area contributed by atoms with E-state index in [1.165, 1.54) is 4.57 Å². The zero-order valence-corrected chi connectivity index (χ0v) is 12.0. The quantitative estimate of drug-likeness (QED) is 0.908. The molecule has 0 atom stereocenters. The van der Waals surface area contributed by atoms with Gasteiger partial charge >= 0.3 is 5.76 Å². The van der Waals surface area contributed by atoms with Gasteiger partial charge in [-0.1, -0.05) is 12.1 Å². The Balaban J connectivity index is 1.69. The van der Waals surface area contributed by atoms with Gasteiger partial charge in [0.15, 0.2) is 5.58 Å². The summed E-state index contributed by atoms with van der Waals surface area (Å²) in [4.78, 5) is 26.2. The van der Waals surface area contributed by atoms with E-state index in [1.807, 2.05) is 6.07 Å². The lowest BCUT2D eigenvalue weighted by Crippen LogP contribution is -2.44. The second kappa shape index (κ2) is 5.73. The maximum Gasteiger partial charge on any atom is 0.420 e. The van der Waals surface area contributed by atoms with Crippen LogP contribution in [-0.2, 0) is 11.3 Å². The number of likely N-dealkylation sites (tertiary alicyclic amines) is 1. The smallest absolute Gasteiger partial charge is 0.408 e. The molecule has 1 fully saturated rings. The number of para-hydroxylation sites is 2. The van der Waals surface area contributed by atoms with Crippen LogP contribution < -0.4 is 11.1 Å². The Morgan fingerprint density at radius 3 is 2.81 bits per heavy atom. The molecule has 1 aromatic carbocycles. The molecule has 0 bridgehead atoms. The van der Waals surface area contributed by atoms with Gasteiger partial charge in [-0.3, -0.25) is 9.36 Å². The number of rotatable bonds is 3. The molecule has 21 heavy (non-hydrogen) atoms. The Morgan fingerprint density at radius 1 is 1.33 bits per heavy atom. The van der Waals surface area contributed by atoms with Gasteiger partial charge in [0.05, 0.1) is 5.52 Å². The Kier molecular flexibility index (Phi) is 3.79. The molecule has 2 aromatic rings. The van der Waals surface area contributed by atoms with Crippen molar-refractivity contribution in [2.45, 2.75) is 25.4 Å². The molecule has 0 spiro atoms. The Morgan fingerprint density at radius 2 is 2.05 bits per heavy atom. The van der Waals surface area contributed by atoms with E-state index in [1.54, 1.807) is 18.2 Å². The van der Waals surface area contributed by atoms with Crippen LogP contribution in [0, 0.1) is 0 Å². The number of carbonyl (C=O) groups excluding carboxylic acids is 1. The summed E-state index contributed by atoms with van der Waals surface area (Å²) in [6.45, 7) is 1.97. The van der Waals surface area contributed by atoms with Gasteiger partial charge in [0.1, 0.15) is 6.54 Å². The van der Waals surface area contributed by atoms with Gasteiger partial charge in [-0.25, -0.2) is 4.79 Å². The first-order valence-electron chi connectivity index (χ1n) is 7.20. The fourth-order valence-electron chi connectivity index (χ4n) is 2.73. The highest BCUT2D eigenvalue weighted by molar-refractivity contribution is 5.79. The van der Waals surface area contributed by atoms with Crippen LogP contribution in [0.4, 0.5) is 0 Å². The van der Waals surface area contributed by atoms with Crippen molar-refractivity contribution in [2.75, 3.05) is 20.1 Å². The van der Waals surface area contributed by atoms with Crippen molar-refractivity contribution < 1.29 is 9.21 Å². The molecule has 0 saturated carbocycles. The van der Waals surface area contributed by atoms with Gasteiger partial charge in [0, 0.05) is 6.04 Å². The molecular weight excluding hydrogens is 270 g/mol. The highest BCUT2D eigenvalue weighted by atomic mass is 16.4. The lowest BCUT2D eigenvalue weighted by atomic mass is 10.1. The lowest BCUT2D eigenvalue weighted by Gasteiger charge is -2.29. The molecule has 1 aliphatic heterocycles.